The highest BCUT2D eigenvalue weighted by molar-refractivity contribution is 7.91. The molecule has 0 aliphatic heterocycles. The van der Waals surface area contributed by atoms with Crippen LogP contribution in [0.4, 0.5) is 0 Å². The molecule has 0 amide bonds. The largest absolute Gasteiger partial charge is 0.508 e. The molecular weight excluding hydrogens is 855 g/mol. The fraction of sp³-hybridized carbons (Fsp3) is 0.417. The molecule has 63 heavy (non-hydrogen) atoms. The van der Waals surface area contributed by atoms with Crippen LogP contribution in [0, 0.1) is 18.8 Å². The Morgan fingerprint density at radius 1 is 0.905 bits per heavy atom. The number of benzene rings is 3. The number of fused-ring (bicyclic) bond motifs is 2. The number of aryl methyl sites for hydroxylation is 1. The van der Waals surface area contributed by atoms with Gasteiger partial charge >= 0.3 is 20.0 Å². The molecule has 3 heterocycles. The van der Waals surface area contributed by atoms with Gasteiger partial charge in [-0.2, -0.15) is 0 Å². The molecule has 0 saturated heterocycles. The molecule has 3 aromatic carbocycles. The van der Waals surface area contributed by atoms with Gasteiger partial charge < -0.3 is 18.3 Å². The van der Waals surface area contributed by atoms with Crippen molar-refractivity contribution in [1.82, 2.24) is 14.1 Å². The van der Waals surface area contributed by atoms with E-state index >= 15 is 14.4 Å². The van der Waals surface area contributed by atoms with Crippen LogP contribution < -0.4 is 26.4 Å². The SMILES string of the molecule is COc1ccccc1C(Cn1c(=O)n(C(C)(C)C(=O)O[Si](c2ccccc2)(c2ccccc2)C(C)(C)C)c(=O)c2c(C)c(-c3ncco3)sc21)OC1C[C@@H]2CC(S(C)(=O)=O)C[C@@H]2C1. The Balaban J connectivity index is 1.27. The van der Waals surface area contributed by atoms with E-state index in [1.807, 2.05) is 84.9 Å². The van der Waals surface area contributed by atoms with Gasteiger partial charge in [0, 0.05) is 11.8 Å². The quantitative estimate of drug-likeness (QED) is 0.107. The fourth-order valence-corrected chi connectivity index (χ4v) is 17.0. The van der Waals surface area contributed by atoms with Crippen molar-refractivity contribution in [3.8, 4) is 16.5 Å². The minimum Gasteiger partial charge on any atom is -0.508 e. The second-order valence-corrected chi connectivity index (χ2v) is 26.2. The van der Waals surface area contributed by atoms with E-state index in [2.05, 4.69) is 25.8 Å². The number of ether oxygens (including phenoxy) is 2. The van der Waals surface area contributed by atoms with Crippen LogP contribution in [0.25, 0.3) is 21.0 Å². The van der Waals surface area contributed by atoms with Crippen molar-refractivity contribution in [3.63, 3.8) is 0 Å². The third-order valence-electron chi connectivity index (χ3n) is 13.3. The van der Waals surface area contributed by atoms with E-state index in [9.17, 15) is 8.42 Å². The number of sulfone groups is 1. The van der Waals surface area contributed by atoms with Crippen molar-refractivity contribution >= 4 is 56.1 Å². The Morgan fingerprint density at radius 3 is 2.03 bits per heavy atom. The molecule has 0 spiro atoms. The molecule has 2 aliphatic carbocycles. The van der Waals surface area contributed by atoms with Gasteiger partial charge in [0.1, 0.15) is 38.3 Å². The summed E-state index contributed by atoms with van der Waals surface area (Å²) in [6.45, 7) is 11.1. The highest BCUT2D eigenvalue weighted by atomic mass is 32.2. The average molecular weight is 910 g/mol. The van der Waals surface area contributed by atoms with Crippen molar-refractivity contribution < 1.29 is 31.5 Å². The third-order valence-corrected chi connectivity index (χ3v) is 21.1. The first-order valence-corrected chi connectivity index (χ1v) is 26.1. The number of carbonyl (C=O) groups excluding carboxylic acids is 1. The molecular formula is C48H55N3O9S2Si. The lowest BCUT2D eigenvalue weighted by Gasteiger charge is -2.43. The van der Waals surface area contributed by atoms with Gasteiger partial charge in [-0.25, -0.2) is 22.8 Å². The van der Waals surface area contributed by atoms with Gasteiger partial charge in [0.05, 0.1) is 41.5 Å². The summed E-state index contributed by atoms with van der Waals surface area (Å²) in [5, 5.41) is 1.07. The van der Waals surface area contributed by atoms with E-state index in [0.29, 0.717) is 58.2 Å². The summed E-state index contributed by atoms with van der Waals surface area (Å²) in [6.07, 6.45) is 5.89. The van der Waals surface area contributed by atoms with Crippen molar-refractivity contribution in [3.05, 3.63) is 129 Å². The molecule has 0 bridgehead atoms. The van der Waals surface area contributed by atoms with Crippen LogP contribution >= 0.6 is 11.3 Å². The second kappa shape index (κ2) is 16.8. The lowest BCUT2D eigenvalue weighted by molar-refractivity contribution is -0.144. The number of rotatable bonds is 13. The van der Waals surface area contributed by atoms with Gasteiger partial charge in [-0.05, 0) is 85.3 Å². The maximum Gasteiger partial charge on any atom is 0.333 e. The number of methoxy groups -OCH3 is 1. The molecule has 12 nitrogen and oxygen atoms in total. The topological polar surface area (TPSA) is 149 Å². The number of aromatic nitrogens is 3. The maximum absolute atomic E-state index is 15.5. The van der Waals surface area contributed by atoms with Gasteiger partial charge in [-0.15, -0.1) is 11.3 Å². The Bertz CT molecular complexity index is 2810. The van der Waals surface area contributed by atoms with E-state index in [0.717, 1.165) is 14.9 Å². The van der Waals surface area contributed by atoms with Crippen LogP contribution in [0.5, 0.6) is 5.75 Å². The number of hydrogen-bond donors (Lipinski definition) is 0. The Kier molecular flexibility index (Phi) is 11.9. The molecule has 332 valence electrons. The summed E-state index contributed by atoms with van der Waals surface area (Å²) in [6, 6.07) is 27.0. The summed E-state index contributed by atoms with van der Waals surface area (Å²) in [5.41, 5.74) is -1.90. The standard InChI is InChI=1S/C48H55N3O9S2Si/c1-30-40-43(52)51(48(5,6)45(53)60-63(47(2,3)4,35-17-11-9-12-18-35)36-19-13-10-14-20-36)46(54)50(44(40)61-41(30)42-49-23-24-58-42)29-39(37-21-15-16-22-38(37)57-7)59-33-25-31-27-34(62(8,55)56)28-32(31)26-33/h9-24,31-34,39H,25-29H2,1-8H3/t31-,32+,33?,34?,39?. The Morgan fingerprint density at radius 2 is 1.49 bits per heavy atom. The minimum atomic E-state index is -3.49. The van der Waals surface area contributed by atoms with E-state index < -0.39 is 52.1 Å². The zero-order valence-electron chi connectivity index (χ0n) is 37.0. The van der Waals surface area contributed by atoms with Crippen molar-refractivity contribution in [1.29, 1.82) is 0 Å². The predicted octanol–water partition coefficient (Wildman–Crippen LogP) is 7.39. The van der Waals surface area contributed by atoms with Crippen molar-refractivity contribution in [2.75, 3.05) is 13.4 Å². The molecule has 2 aliphatic rings. The summed E-state index contributed by atoms with van der Waals surface area (Å²) in [5.74, 6) is 0.550. The predicted molar refractivity (Wildman–Crippen MR) is 248 cm³/mol. The summed E-state index contributed by atoms with van der Waals surface area (Å²) < 4.78 is 53.2. The lowest BCUT2D eigenvalue weighted by Crippen LogP contribution is -2.69. The monoisotopic (exact) mass is 909 g/mol. The Hall–Kier alpha value is -5.09. The average Bonchev–Trinajstić information content (AvgIpc) is 4.06. The van der Waals surface area contributed by atoms with Crippen LogP contribution in [0.3, 0.4) is 0 Å². The van der Waals surface area contributed by atoms with Crippen LogP contribution in [0.15, 0.2) is 111 Å². The van der Waals surface area contributed by atoms with Crippen LogP contribution in [0.1, 0.15) is 77.5 Å². The number of oxazole rings is 1. The van der Waals surface area contributed by atoms with E-state index in [4.69, 9.17) is 18.3 Å². The number of hydrogen-bond acceptors (Lipinski definition) is 11. The van der Waals surface area contributed by atoms with Gasteiger partial charge in [-0.3, -0.25) is 14.2 Å². The van der Waals surface area contributed by atoms with Gasteiger partial charge in [-0.1, -0.05) is 99.6 Å². The molecule has 3 unspecified atom stereocenters. The number of carbonyl (C=O) groups is 1. The van der Waals surface area contributed by atoms with Crippen molar-refractivity contribution in [2.24, 2.45) is 11.8 Å². The van der Waals surface area contributed by atoms with Crippen LogP contribution in [0.2, 0.25) is 5.04 Å². The van der Waals surface area contributed by atoms with Crippen LogP contribution in [-0.2, 0) is 35.9 Å². The molecule has 5 atom stereocenters. The molecule has 3 aromatic heterocycles. The molecule has 0 N–H and O–H groups in total. The van der Waals surface area contributed by atoms with Crippen LogP contribution in [-0.4, -0.2) is 61.5 Å². The van der Waals surface area contributed by atoms with E-state index in [1.54, 1.807) is 27.9 Å². The van der Waals surface area contributed by atoms with Gasteiger partial charge in [0.2, 0.25) is 5.89 Å². The van der Waals surface area contributed by atoms with E-state index in [-0.39, 0.29) is 35.1 Å². The molecule has 0 radical (unpaired) electrons. The maximum atomic E-state index is 15.5. The first-order valence-electron chi connectivity index (χ1n) is 21.4. The normalized spacial score (nSPS) is 19.9. The molecule has 6 aromatic rings. The first kappa shape index (κ1) is 44.5. The summed E-state index contributed by atoms with van der Waals surface area (Å²) in [7, 11) is -5.06. The zero-order chi connectivity index (χ0) is 45.1. The number of nitrogens with zero attached hydrogens (tertiary/aromatic N) is 3. The zero-order valence-corrected chi connectivity index (χ0v) is 39.6. The number of para-hydroxylation sites is 1. The van der Waals surface area contributed by atoms with Gasteiger partial charge in [0.15, 0.2) is 0 Å². The second-order valence-electron chi connectivity index (χ2n) is 18.6. The Labute approximate surface area is 372 Å². The molecule has 8 rings (SSSR count). The molecule has 2 saturated carbocycles. The fourth-order valence-electron chi connectivity index (χ4n) is 10.1. The van der Waals surface area contributed by atoms with E-state index in [1.165, 1.54) is 34.6 Å². The number of thiophene rings is 1. The highest BCUT2D eigenvalue weighted by Crippen LogP contribution is 2.49. The first-order chi connectivity index (χ1) is 29.9. The minimum absolute atomic E-state index is 0.0431. The summed E-state index contributed by atoms with van der Waals surface area (Å²) >= 11 is 1.22. The highest BCUT2D eigenvalue weighted by Gasteiger charge is 2.55. The summed E-state index contributed by atoms with van der Waals surface area (Å²) in [4.78, 5) is 51.2. The molecule has 15 heteroatoms. The van der Waals surface area contributed by atoms with Crippen molar-refractivity contribution in [2.45, 2.75) is 102 Å². The third kappa shape index (κ3) is 7.95. The lowest BCUT2D eigenvalue weighted by atomic mass is 10.0. The van der Waals surface area contributed by atoms with Gasteiger partial charge in [0.25, 0.3) is 5.56 Å². The molecule has 2 fully saturated rings. The smallest absolute Gasteiger partial charge is 0.333 e.